The Morgan fingerprint density at radius 3 is 2.61 bits per heavy atom. The molecule has 3 rings (SSSR count). The van der Waals surface area contributed by atoms with E-state index >= 15 is 0 Å². The van der Waals surface area contributed by atoms with E-state index in [4.69, 9.17) is 18.9 Å². The summed E-state index contributed by atoms with van der Waals surface area (Å²) < 4.78 is 21.1. The average molecular weight is 386 g/mol. The number of rotatable bonds is 8. The van der Waals surface area contributed by atoms with Crippen LogP contribution in [0, 0.1) is 0 Å². The van der Waals surface area contributed by atoms with E-state index in [1.807, 2.05) is 0 Å². The van der Waals surface area contributed by atoms with E-state index in [9.17, 15) is 9.59 Å². The van der Waals surface area contributed by atoms with Crippen LogP contribution in [0.1, 0.15) is 0 Å². The lowest BCUT2D eigenvalue weighted by Crippen LogP contribution is -2.41. The second kappa shape index (κ2) is 9.09. The molecule has 0 aromatic heterocycles. The second-order valence-electron chi connectivity index (χ2n) is 6.02. The minimum Gasteiger partial charge on any atom is -0.497 e. The smallest absolute Gasteiger partial charge is 0.265 e. The minimum atomic E-state index is -0.278. The van der Waals surface area contributed by atoms with Gasteiger partial charge in [0, 0.05) is 12.8 Å². The van der Waals surface area contributed by atoms with Crippen LogP contribution in [0.15, 0.2) is 42.5 Å². The lowest BCUT2D eigenvalue weighted by Gasteiger charge is -2.29. The Bertz CT molecular complexity index is 837. The highest BCUT2D eigenvalue weighted by atomic mass is 16.5. The molecule has 0 atom stereocenters. The van der Waals surface area contributed by atoms with Crippen molar-refractivity contribution in [3.05, 3.63) is 42.5 Å². The van der Waals surface area contributed by atoms with Crippen molar-refractivity contribution in [2.45, 2.75) is 0 Å². The van der Waals surface area contributed by atoms with Gasteiger partial charge in [0.1, 0.15) is 30.5 Å². The fourth-order valence-electron chi connectivity index (χ4n) is 2.78. The van der Waals surface area contributed by atoms with Gasteiger partial charge in [-0.05, 0) is 42.5 Å². The zero-order valence-electron chi connectivity index (χ0n) is 15.8. The van der Waals surface area contributed by atoms with Crippen molar-refractivity contribution in [2.75, 3.05) is 50.8 Å². The van der Waals surface area contributed by atoms with Gasteiger partial charge in [0.2, 0.25) is 5.91 Å². The molecule has 0 aliphatic carbocycles. The zero-order chi connectivity index (χ0) is 19.9. The van der Waals surface area contributed by atoms with E-state index in [1.54, 1.807) is 54.5 Å². The Kier molecular flexibility index (Phi) is 6.33. The van der Waals surface area contributed by atoms with Gasteiger partial charge in [0.05, 0.1) is 19.3 Å². The van der Waals surface area contributed by atoms with Crippen molar-refractivity contribution in [2.24, 2.45) is 0 Å². The maximum atomic E-state index is 12.3. The summed E-state index contributed by atoms with van der Waals surface area (Å²) in [7, 11) is 3.05. The topological polar surface area (TPSA) is 86.3 Å². The molecule has 28 heavy (non-hydrogen) atoms. The minimum absolute atomic E-state index is 0.0368. The van der Waals surface area contributed by atoms with E-state index in [0.29, 0.717) is 36.0 Å². The molecule has 2 amide bonds. The van der Waals surface area contributed by atoms with Crippen molar-refractivity contribution >= 4 is 23.2 Å². The number of ether oxygens (including phenoxy) is 4. The lowest BCUT2D eigenvalue weighted by molar-refractivity contribution is -0.121. The summed E-state index contributed by atoms with van der Waals surface area (Å²) in [5.41, 5.74) is 1.14. The molecule has 0 spiro atoms. The molecule has 148 valence electrons. The molecular formula is C20H22N2O6. The number of anilines is 2. The number of carbonyl (C=O) groups excluding carboxylic acids is 2. The van der Waals surface area contributed by atoms with Crippen molar-refractivity contribution < 1.29 is 28.5 Å². The summed E-state index contributed by atoms with van der Waals surface area (Å²) >= 11 is 0. The van der Waals surface area contributed by atoms with Gasteiger partial charge >= 0.3 is 0 Å². The molecule has 8 heteroatoms. The molecule has 1 heterocycles. The van der Waals surface area contributed by atoms with Gasteiger partial charge in [-0.25, -0.2) is 0 Å². The van der Waals surface area contributed by atoms with E-state index in [0.717, 1.165) is 5.75 Å². The fourth-order valence-corrected chi connectivity index (χ4v) is 2.78. The first-order valence-electron chi connectivity index (χ1n) is 8.73. The van der Waals surface area contributed by atoms with Gasteiger partial charge in [0.15, 0.2) is 6.61 Å². The molecule has 2 aromatic rings. The number of carbonyl (C=O) groups is 2. The summed E-state index contributed by atoms with van der Waals surface area (Å²) in [6.45, 7) is 0.561. The third kappa shape index (κ3) is 4.72. The van der Waals surface area contributed by atoms with Crippen LogP contribution >= 0.6 is 0 Å². The van der Waals surface area contributed by atoms with Gasteiger partial charge in [-0.3, -0.25) is 9.59 Å². The third-order valence-electron chi connectivity index (χ3n) is 4.10. The molecule has 0 unspecified atom stereocenters. The summed E-state index contributed by atoms with van der Waals surface area (Å²) in [6.07, 6.45) is 0. The highest BCUT2D eigenvalue weighted by molar-refractivity contribution is 5.99. The Balaban J connectivity index is 1.67. The number of fused-ring (bicyclic) bond motifs is 1. The molecule has 1 aliphatic rings. The SMILES string of the molecule is COCC(=O)Nc1ccc2c(c1)N(CCOc1ccc(OC)cc1)C(=O)CO2. The highest BCUT2D eigenvalue weighted by Crippen LogP contribution is 2.34. The van der Waals surface area contributed by atoms with Crippen molar-refractivity contribution in [3.8, 4) is 17.2 Å². The van der Waals surface area contributed by atoms with Crippen LogP contribution in [-0.2, 0) is 14.3 Å². The number of nitrogens with one attached hydrogen (secondary N) is 1. The number of amides is 2. The van der Waals surface area contributed by atoms with Crippen LogP contribution in [0.3, 0.4) is 0 Å². The second-order valence-corrected chi connectivity index (χ2v) is 6.02. The van der Waals surface area contributed by atoms with Gasteiger partial charge in [-0.15, -0.1) is 0 Å². The lowest BCUT2D eigenvalue weighted by atomic mass is 10.2. The quantitative estimate of drug-likeness (QED) is 0.748. The molecule has 0 fully saturated rings. The first kappa shape index (κ1) is 19.5. The monoisotopic (exact) mass is 386 g/mol. The molecule has 8 nitrogen and oxygen atoms in total. The van der Waals surface area contributed by atoms with E-state index in [-0.39, 0.29) is 25.0 Å². The average Bonchev–Trinajstić information content (AvgIpc) is 2.70. The number of hydrogen-bond donors (Lipinski definition) is 1. The van der Waals surface area contributed by atoms with Crippen LogP contribution in [0.4, 0.5) is 11.4 Å². The predicted molar refractivity (Wildman–Crippen MR) is 103 cm³/mol. The molecule has 2 aromatic carbocycles. The number of hydrogen-bond acceptors (Lipinski definition) is 6. The number of nitrogens with zero attached hydrogens (tertiary/aromatic N) is 1. The molecule has 1 N–H and O–H groups in total. The Morgan fingerprint density at radius 1 is 1.14 bits per heavy atom. The Hall–Kier alpha value is -3.26. The summed E-state index contributed by atoms with van der Waals surface area (Å²) in [6, 6.07) is 12.4. The van der Waals surface area contributed by atoms with Gasteiger partial charge < -0.3 is 29.2 Å². The predicted octanol–water partition coefficient (Wildman–Crippen LogP) is 2.08. The zero-order valence-corrected chi connectivity index (χ0v) is 15.8. The van der Waals surface area contributed by atoms with Crippen molar-refractivity contribution in [1.29, 1.82) is 0 Å². The first-order valence-corrected chi connectivity index (χ1v) is 8.73. The van der Waals surface area contributed by atoms with E-state index in [1.165, 1.54) is 7.11 Å². The molecule has 0 radical (unpaired) electrons. The largest absolute Gasteiger partial charge is 0.497 e. The maximum absolute atomic E-state index is 12.3. The van der Waals surface area contributed by atoms with Crippen molar-refractivity contribution in [3.63, 3.8) is 0 Å². The van der Waals surface area contributed by atoms with Crippen molar-refractivity contribution in [1.82, 2.24) is 0 Å². The van der Waals surface area contributed by atoms with Crippen LogP contribution in [-0.4, -0.2) is 52.4 Å². The van der Waals surface area contributed by atoms with E-state index < -0.39 is 0 Å². The molecule has 0 saturated heterocycles. The van der Waals surface area contributed by atoms with E-state index in [2.05, 4.69) is 5.32 Å². The van der Waals surface area contributed by atoms with Crippen LogP contribution in [0.2, 0.25) is 0 Å². The highest BCUT2D eigenvalue weighted by Gasteiger charge is 2.26. The number of methoxy groups -OCH3 is 2. The maximum Gasteiger partial charge on any atom is 0.265 e. The fraction of sp³-hybridized carbons (Fsp3) is 0.300. The van der Waals surface area contributed by atoms with Gasteiger partial charge in [-0.1, -0.05) is 0 Å². The van der Waals surface area contributed by atoms with Crippen LogP contribution in [0.25, 0.3) is 0 Å². The summed E-state index contributed by atoms with van der Waals surface area (Å²) in [5, 5.41) is 2.72. The third-order valence-corrected chi connectivity index (χ3v) is 4.10. The summed E-state index contributed by atoms with van der Waals surface area (Å²) in [5.74, 6) is 1.55. The molecule has 1 aliphatic heterocycles. The normalized spacial score (nSPS) is 12.8. The first-order chi connectivity index (χ1) is 13.6. The number of benzene rings is 2. The van der Waals surface area contributed by atoms with Crippen LogP contribution < -0.4 is 24.4 Å². The van der Waals surface area contributed by atoms with Gasteiger partial charge in [0.25, 0.3) is 5.91 Å². The summed E-state index contributed by atoms with van der Waals surface area (Å²) in [4.78, 5) is 25.7. The Morgan fingerprint density at radius 2 is 1.89 bits per heavy atom. The van der Waals surface area contributed by atoms with Gasteiger partial charge in [-0.2, -0.15) is 0 Å². The molecule has 0 bridgehead atoms. The molecular weight excluding hydrogens is 364 g/mol. The standard InChI is InChI=1S/C20H22N2O6/c1-25-12-19(23)21-14-3-8-18-17(11-14)22(20(24)13-28-18)9-10-27-16-6-4-15(26-2)5-7-16/h3-8,11H,9-10,12-13H2,1-2H3,(H,21,23). The Labute approximate surface area is 162 Å². The molecule has 0 saturated carbocycles. The van der Waals surface area contributed by atoms with Crippen LogP contribution in [0.5, 0.6) is 17.2 Å².